The van der Waals surface area contributed by atoms with Crippen molar-refractivity contribution in [1.82, 2.24) is 15.5 Å². The van der Waals surface area contributed by atoms with Gasteiger partial charge in [0.25, 0.3) is 0 Å². The van der Waals surface area contributed by atoms with E-state index >= 15 is 0 Å². The summed E-state index contributed by atoms with van der Waals surface area (Å²) in [4.78, 5) is 8.92. The Balaban J connectivity index is 0.00000320. The van der Waals surface area contributed by atoms with E-state index in [2.05, 4.69) is 52.1 Å². The normalized spacial score (nSPS) is 17.3. The zero-order valence-electron chi connectivity index (χ0n) is 18.1. The number of nitrogens with zero attached hydrogens (tertiary/aromatic N) is 2. The molecule has 166 valence electrons. The molecule has 2 heterocycles. The number of methoxy groups -OCH3 is 1. The van der Waals surface area contributed by atoms with Crippen LogP contribution < -0.4 is 15.4 Å². The lowest BCUT2D eigenvalue weighted by molar-refractivity contribution is 0.172. The van der Waals surface area contributed by atoms with Gasteiger partial charge in [-0.1, -0.05) is 18.2 Å². The van der Waals surface area contributed by atoms with Crippen LogP contribution in [0.1, 0.15) is 30.2 Å². The van der Waals surface area contributed by atoms with Crippen LogP contribution in [0.5, 0.6) is 5.75 Å². The van der Waals surface area contributed by atoms with Crippen LogP contribution in [-0.4, -0.2) is 50.7 Å². The zero-order chi connectivity index (χ0) is 20.3. The molecular formula is C23H35IN4OS. The van der Waals surface area contributed by atoms with Crippen molar-refractivity contribution in [2.75, 3.05) is 39.8 Å². The van der Waals surface area contributed by atoms with Crippen molar-refractivity contribution in [3.63, 3.8) is 0 Å². The van der Waals surface area contributed by atoms with Gasteiger partial charge in [-0.2, -0.15) is 0 Å². The van der Waals surface area contributed by atoms with Crippen LogP contribution >= 0.6 is 35.3 Å². The minimum absolute atomic E-state index is 0. The second-order valence-electron chi connectivity index (χ2n) is 7.57. The van der Waals surface area contributed by atoms with Gasteiger partial charge in [0.1, 0.15) is 5.75 Å². The summed E-state index contributed by atoms with van der Waals surface area (Å²) in [5, 5.41) is 9.03. The van der Waals surface area contributed by atoms with E-state index in [4.69, 9.17) is 9.73 Å². The van der Waals surface area contributed by atoms with Crippen LogP contribution in [-0.2, 0) is 13.0 Å². The molecule has 2 N–H and O–H groups in total. The maximum absolute atomic E-state index is 5.22. The van der Waals surface area contributed by atoms with E-state index in [0.717, 1.165) is 50.9 Å². The number of nitrogens with one attached hydrogen (secondary N) is 2. The molecular weight excluding hydrogens is 507 g/mol. The summed E-state index contributed by atoms with van der Waals surface area (Å²) in [6, 6.07) is 12.7. The third-order valence-electron chi connectivity index (χ3n) is 5.28. The van der Waals surface area contributed by atoms with Crippen molar-refractivity contribution in [1.29, 1.82) is 0 Å². The monoisotopic (exact) mass is 542 g/mol. The highest BCUT2D eigenvalue weighted by Gasteiger charge is 2.20. The highest BCUT2D eigenvalue weighted by molar-refractivity contribution is 14.0. The van der Waals surface area contributed by atoms with Crippen LogP contribution in [0.25, 0.3) is 0 Å². The van der Waals surface area contributed by atoms with Gasteiger partial charge in [0.2, 0.25) is 0 Å². The summed E-state index contributed by atoms with van der Waals surface area (Å²) >= 11 is 1.86. The van der Waals surface area contributed by atoms with Gasteiger partial charge < -0.3 is 15.4 Å². The first kappa shape index (κ1) is 24.9. The van der Waals surface area contributed by atoms with E-state index in [1.54, 1.807) is 7.11 Å². The van der Waals surface area contributed by atoms with Gasteiger partial charge in [0.05, 0.1) is 7.11 Å². The fourth-order valence-corrected chi connectivity index (χ4v) is 4.49. The van der Waals surface area contributed by atoms with Gasteiger partial charge in [-0.15, -0.1) is 35.3 Å². The fraction of sp³-hybridized carbons (Fsp3) is 0.522. The Kier molecular flexibility index (Phi) is 11.5. The van der Waals surface area contributed by atoms with E-state index in [0.29, 0.717) is 5.92 Å². The molecule has 0 saturated carbocycles. The lowest BCUT2D eigenvalue weighted by Gasteiger charge is -2.31. The predicted molar refractivity (Wildman–Crippen MR) is 138 cm³/mol. The number of benzene rings is 1. The molecule has 1 atom stereocenters. The highest BCUT2D eigenvalue weighted by Crippen LogP contribution is 2.20. The second kappa shape index (κ2) is 13.9. The third-order valence-corrected chi connectivity index (χ3v) is 6.14. The number of guanidine groups is 1. The number of thiophene rings is 1. The molecule has 5 nitrogen and oxygen atoms in total. The molecule has 1 aromatic carbocycles. The van der Waals surface area contributed by atoms with Crippen molar-refractivity contribution >= 4 is 41.3 Å². The first-order valence-electron chi connectivity index (χ1n) is 10.7. The van der Waals surface area contributed by atoms with Gasteiger partial charge in [-0.05, 0) is 67.8 Å². The first-order valence-corrected chi connectivity index (χ1v) is 11.5. The molecule has 0 spiro atoms. The maximum atomic E-state index is 5.22. The Morgan fingerprint density at radius 3 is 2.77 bits per heavy atom. The lowest BCUT2D eigenvalue weighted by atomic mass is 9.98. The van der Waals surface area contributed by atoms with Gasteiger partial charge in [0, 0.05) is 37.6 Å². The van der Waals surface area contributed by atoms with Gasteiger partial charge in [0.15, 0.2) is 5.96 Å². The standard InChI is InChI=1S/C23H34N4OS.HI/c1-3-24-23(25-13-12-19-8-10-21(28-2)11-9-19)26-16-20-6-4-14-27(17-20)18-22-7-5-15-29-22;/h5,7-11,15,20H,3-4,6,12-14,16-18H2,1-2H3,(H2,24,25,26);1H. The van der Waals surface area contributed by atoms with Crippen molar-refractivity contribution in [3.05, 3.63) is 52.2 Å². The number of hydrogen-bond acceptors (Lipinski definition) is 4. The van der Waals surface area contributed by atoms with Crippen LogP contribution in [0.3, 0.4) is 0 Å². The van der Waals surface area contributed by atoms with E-state index in [1.165, 1.54) is 29.8 Å². The summed E-state index contributed by atoms with van der Waals surface area (Å²) in [6.07, 6.45) is 3.51. The molecule has 0 bridgehead atoms. The zero-order valence-corrected chi connectivity index (χ0v) is 21.2. The quantitative estimate of drug-likeness (QED) is 0.281. The summed E-state index contributed by atoms with van der Waals surface area (Å²) in [5.41, 5.74) is 1.30. The molecule has 0 radical (unpaired) electrons. The fourth-order valence-electron chi connectivity index (χ4n) is 3.75. The van der Waals surface area contributed by atoms with Crippen molar-refractivity contribution in [2.24, 2.45) is 10.9 Å². The molecule has 30 heavy (non-hydrogen) atoms. The van der Waals surface area contributed by atoms with E-state index in [1.807, 2.05) is 23.5 Å². The average Bonchev–Trinajstić information content (AvgIpc) is 3.26. The van der Waals surface area contributed by atoms with Crippen LogP contribution in [0.4, 0.5) is 0 Å². The second-order valence-corrected chi connectivity index (χ2v) is 8.60. The Morgan fingerprint density at radius 2 is 2.07 bits per heavy atom. The molecule has 1 fully saturated rings. The number of likely N-dealkylation sites (tertiary alicyclic amines) is 1. The first-order chi connectivity index (χ1) is 14.3. The average molecular weight is 543 g/mol. The van der Waals surface area contributed by atoms with Crippen LogP contribution in [0.15, 0.2) is 46.8 Å². The molecule has 2 aromatic rings. The summed E-state index contributed by atoms with van der Waals surface area (Å²) in [6.45, 7) is 8.18. The molecule has 1 aliphatic heterocycles. The SMILES string of the molecule is CCNC(=NCC1CCCN(Cc2cccs2)C1)NCCc1ccc(OC)cc1.I. The number of rotatable bonds is 9. The minimum Gasteiger partial charge on any atom is -0.497 e. The van der Waals surface area contributed by atoms with E-state index in [9.17, 15) is 0 Å². The number of aliphatic imine (C=N–C) groups is 1. The number of halogens is 1. The van der Waals surface area contributed by atoms with Crippen molar-refractivity contribution in [2.45, 2.75) is 32.7 Å². The summed E-state index contributed by atoms with van der Waals surface area (Å²) < 4.78 is 5.22. The summed E-state index contributed by atoms with van der Waals surface area (Å²) in [5.74, 6) is 2.47. The van der Waals surface area contributed by atoms with Crippen molar-refractivity contribution < 1.29 is 4.74 Å². The number of hydrogen-bond donors (Lipinski definition) is 2. The van der Waals surface area contributed by atoms with Gasteiger partial charge in [-0.3, -0.25) is 9.89 Å². The van der Waals surface area contributed by atoms with E-state index in [-0.39, 0.29) is 24.0 Å². The lowest BCUT2D eigenvalue weighted by Crippen LogP contribution is -2.40. The summed E-state index contributed by atoms with van der Waals surface area (Å²) in [7, 11) is 1.70. The molecule has 1 aliphatic rings. The van der Waals surface area contributed by atoms with Crippen LogP contribution in [0, 0.1) is 5.92 Å². The Hall–Kier alpha value is -1.32. The highest BCUT2D eigenvalue weighted by atomic mass is 127. The predicted octanol–water partition coefficient (Wildman–Crippen LogP) is 4.38. The molecule has 1 aromatic heterocycles. The molecule has 0 amide bonds. The van der Waals surface area contributed by atoms with Crippen molar-refractivity contribution in [3.8, 4) is 5.75 Å². The molecule has 0 aliphatic carbocycles. The number of ether oxygens (including phenoxy) is 1. The Bertz CT molecular complexity index is 736. The van der Waals surface area contributed by atoms with Crippen LogP contribution in [0.2, 0.25) is 0 Å². The Morgan fingerprint density at radius 1 is 1.23 bits per heavy atom. The maximum Gasteiger partial charge on any atom is 0.191 e. The third kappa shape index (κ3) is 8.43. The number of piperidine rings is 1. The van der Waals surface area contributed by atoms with Gasteiger partial charge in [-0.25, -0.2) is 0 Å². The minimum atomic E-state index is 0. The molecule has 1 unspecified atom stereocenters. The topological polar surface area (TPSA) is 48.9 Å². The van der Waals surface area contributed by atoms with E-state index < -0.39 is 0 Å². The largest absolute Gasteiger partial charge is 0.497 e. The van der Waals surface area contributed by atoms with Gasteiger partial charge >= 0.3 is 0 Å². The molecule has 3 rings (SSSR count). The smallest absolute Gasteiger partial charge is 0.191 e. The Labute approximate surface area is 202 Å². The molecule has 1 saturated heterocycles. The molecule has 7 heteroatoms.